The molecule has 0 radical (unpaired) electrons. The minimum Gasteiger partial charge on any atom is -0.379 e. The van der Waals surface area contributed by atoms with Gasteiger partial charge in [0.2, 0.25) is 5.43 Å². The van der Waals surface area contributed by atoms with Gasteiger partial charge in [0.05, 0.1) is 11.8 Å². The van der Waals surface area contributed by atoms with Crippen LogP contribution in [0.2, 0.25) is 0 Å². The molecule has 0 spiro atoms. The van der Waals surface area contributed by atoms with E-state index in [-0.39, 0.29) is 17.4 Å². The summed E-state index contributed by atoms with van der Waals surface area (Å²) < 4.78 is 22.0. The summed E-state index contributed by atoms with van der Waals surface area (Å²) in [7, 11) is 0. The van der Waals surface area contributed by atoms with E-state index in [1.165, 1.54) is 0 Å². The van der Waals surface area contributed by atoms with Gasteiger partial charge in [0, 0.05) is 24.5 Å². The fourth-order valence-corrected chi connectivity index (χ4v) is 3.67. The number of carbonyl (C=O) groups excluding carboxylic acids is 1. The third-order valence-corrected chi connectivity index (χ3v) is 5.36. The molecule has 2 rings (SSSR count). The number of para-hydroxylation sites is 1. The Morgan fingerprint density at radius 3 is 2.27 bits per heavy atom. The average molecular weight is 417 g/mol. The maximum atomic E-state index is 14.7. The van der Waals surface area contributed by atoms with E-state index >= 15 is 0 Å². The lowest BCUT2D eigenvalue weighted by Gasteiger charge is -2.20. The van der Waals surface area contributed by atoms with Crippen LogP contribution in [-0.2, 0) is 24.1 Å². The Bertz CT molecular complexity index is 942. The van der Waals surface area contributed by atoms with Crippen molar-refractivity contribution in [3.05, 3.63) is 62.3 Å². The standard InChI is InChI=1S/C24H33FN2O3/c1-7-18-11-9-12-19(8-2)22(18)26-24(29)20-16(5)27(13-10-14-30-15(3)4)17(6)21(25)23(20)28/h9,11-12,15H,7-8,10,13-14H2,1-6H3,(H,26,29). The molecule has 0 unspecified atom stereocenters. The number of anilines is 1. The zero-order valence-corrected chi connectivity index (χ0v) is 18.9. The molecule has 0 atom stereocenters. The molecule has 2 aromatic rings. The second-order valence-electron chi connectivity index (χ2n) is 7.73. The third-order valence-electron chi connectivity index (χ3n) is 5.36. The van der Waals surface area contributed by atoms with Gasteiger partial charge in [0.15, 0.2) is 5.82 Å². The molecule has 0 bridgehead atoms. The van der Waals surface area contributed by atoms with Crippen molar-refractivity contribution in [3.8, 4) is 0 Å². The number of amides is 1. The SMILES string of the molecule is CCc1cccc(CC)c1NC(=O)c1c(C)n(CCCOC(C)C)c(C)c(F)c1=O. The number of rotatable bonds is 9. The highest BCUT2D eigenvalue weighted by molar-refractivity contribution is 6.05. The van der Waals surface area contributed by atoms with Crippen LogP contribution in [0.4, 0.5) is 10.1 Å². The number of halogens is 1. The Morgan fingerprint density at radius 2 is 1.73 bits per heavy atom. The van der Waals surface area contributed by atoms with Gasteiger partial charge in [-0.2, -0.15) is 0 Å². The van der Waals surface area contributed by atoms with Gasteiger partial charge in [-0.15, -0.1) is 0 Å². The first-order valence-corrected chi connectivity index (χ1v) is 10.7. The molecule has 1 aromatic carbocycles. The molecule has 0 aliphatic rings. The predicted molar refractivity (Wildman–Crippen MR) is 119 cm³/mol. The van der Waals surface area contributed by atoms with E-state index in [2.05, 4.69) is 5.32 Å². The van der Waals surface area contributed by atoms with Crippen molar-refractivity contribution in [2.45, 2.75) is 73.5 Å². The molecule has 0 saturated carbocycles. The Morgan fingerprint density at radius 1 is 1.13 bits per heavy atom. The topological polar surface area (TPSA) is 60.3 Å². The number of nitrogens with one attached hydrogen (secondary N) is 1. The quantitative estimate of drug-likeness (QED) is 0.598. The summed E-state index contributed by atoms with van der Waals surface area (Å²) in [5.41, 5.74) is 2.39. The zero-order chi connectivity index (χ0) is 22.4. The van der Waals surface area contributed by atoms with Crippen molar-refractivity contribution in [1.82, 2.24) is 4.57 Å². The van der Waals surface area contributed by atoms with Crippen molar-refractivity contribution in [2.75, 3.05) is 11.9 Å². The van der Waals surface area contributed by atoms with E-state index in [4.69, 9.17) is 4.74 Å². The molecule has 1 aromatic heterocycles. The fraction of sp³-hybridized carbons (Fsp3) is 0.500. The number of ether oxygens (including phenoxy) is 1. The van der Waals surface area contributed by atoms with Gasteiger partial charge in [-0.3, -0.25) is 9.59 Å². The van der Waals surface area contributed by atoms with Crippen LogP contribution >= 0.6 is 0 Å². The second kappa shape index (κ2) is 10.5. The molecular weight excluding hydrogens is 383 g/mol. The minimum atomic E-state index is -0.880. The highest BCUT2D eigenvalue weighted by Gasteiger charge is 2.23. The lowest BCUT2D eigenvalue weighted by Crippen LogP contribution is -2.30. The number of aromatic nitrogens is 1. The van der Waals surface area contributed by atoms with Crippen molar-refractivity contribution >= 4 is 11.6 Å². The third kappa shape index (κ3) is 5.17. The number of carbonyl (C=O) groups is 1. The Labute approximate surface area is 178 Å². The fourth-order valence-electron chi connectivity index (χ4n) is 3.67. The number of aryl methyl sites for hydroxylation is 2. The number of hydrogen-bond donors (Lipinski definition) is 1. The van der Waals surface area contributed by atoms with Gasteiger partial charge in [0.1, 0.15) is 5.56 Å². The minimum absolute atomic E-state index is 0.116. The Hall–Kier alpha value is -2.47. The van der Waals surface area contributed by atoms with Crippen LogP contribution in [0, 0.1) is 19.7 Å². The highest BCUT2D eigenvalue weighted by atomic mass is 19.1. The first-order valence-electron chi connectivity index (χ1n) is 10.7. The molecule has 0 saturated heterocycles. The van der Waals surface area contributed by atoms with Crippen molar-refractivity contribution < 1.29 is 13.9 Å². The van der Waals surface area contributed by atoms with Crippen LogP contribution in [0.15, 0.2) is 23.0 Å². The Balaban J connectivity index is 2.42. The lowest BCUT2D eigenvalue weighted by molar-refractivity contribution is 0.0746. The summed E-state index contributed by atoms with van der Waals surface area (Å²) in [6.07, 6.45) is 2.25. The first kappa shape index (κ1) is 23.8. The monoisotopic (exact) mass is 416 g/mol. The van der Waals surface area contributed by atoms with Gasteiger partial charge < -0.3 is 14.6 Å². The normalized spacial score (nSPS) is 11.2. The molecule has 1 N–H and O–H groups in total. The van der Waals surface area contributed by atoms with Crippen molar-refractivity contribution in [1.29, 1.82) is 0 Å². The van der Waals surface area contributed by atoms with Crippen molar-refractivity contribution in [2.24, 2.45) is 0 Å². The molecule has 1 amide bonds. The highest BCUT2D eigenvalue weighted by Crippen LogP contribution is 2.24. The molecular formula is C24H33FN2O3. The van der Waals surface area contributed by atoms with Crippen LogP contribution in [-0.4, -0.2) is 23.2 Å². The average Bonchev–Trinajstić information content (AvgIpc) is 2.71. The summed E-state index contributed by atoms with van der Waals surface area (Å²) in [6.45, 7) is 12.2. The van der Waals surface area contributed by atoms with E-state index in [0.717, 1.165) is 24.0 Å². The van der Waals surface area contributed by atoms with Crippen LogP contribution in [0.5, 0.6) is 0 Å². The summed E-state index contributed by atoms with van der Waals surface area (Å²) in [4.78, 5) is 25.8. The molecule has 6 heteroatoms. The Kier molecular flexibility index (Phi) is 8.35. The molecule has 0 aliphatic carbocycles. The molecule has 0 aliphatic heterocycles. The predicted octanol–water partition coefficient (Wildman–Crippen LogP) is 4.80. The number of nitrogens with zero attached hydrogens (tertiary/aromatic N) is 1. The van der Waals surface area contributed by atoms with Gasteiger partial charge in [-0.1, -0.05) is 32.0 Å². The maximum absolute atomic E-state index is 14.7. The summed E-state index contributed by atoms with van der Waals surface area (Å²) in [5, 5.41) is 2.89. The lowest BCUT2D eigenvalue weighted by atomic mass is 10.0. The molecule has 0 fully saturated rings. The smallest absolute Gasteiger partial charge is 0.261 e. The van der Waals surface area contributed by atoms with E-state index in [0.29, 0.717) is 31.0 Å². The maximum Gasteiger partial charge on any atom is 0.261 e. The number of hydrogen-bond acceptors (Lipinski definition) is 3. The molecule has 5 nitrogen and oxygen atoms in total. The van der Waals surface area contributed by atoms with Gasteiger partial charge in [-0.25, -0.2) is 4.39 Å². The molecule has 164 valence electrons. The summed E-state index contributed by atoms with van der Waals surface area (Å²) >= 11 is 0. The van der Waals surface area contributed by atoms with Crippen LogP contribution in [0.25, 0.3) is 0 Å². The molecule has 30 heavy (non-hydrogen) atoms. The summed E-state index contributed by atoms with van der Waals surface area (Å²) in [6, 6.07) is 5.85. The largest absolute Gasteiger partial charge is 0.379 e. The summed E-state index contributed by atoms with van der Waals surface area (Å²) in [5.74, 6) is -1.45. The van der Waals surface area contributed by atoms with Crippen molar-refractivity contribution in [3.63, 3.8) is 0 Å². The van der Waals surface area contributed by atoms with Crippen LogP contribution in [0.3, 0.4) is 0 Å². The van der Waals surface area contributed by atoms with Crippen LogP contribution < -0.4 is 10.7 Å². The van der Waals surface area contributed by atoms with E-state index in [9.17, 15) is 14.0 Å². The molecule has 1 heterocycles. The zero-order valence-electron chi connectivity index (χ0n) is 18.9. The number of benzene rings is 1. The van der Waals surface area contributed by atoms with Crippen LogP contribution in [0.1, 0.15) is 67.0 Å². The van der Waals surface area contributed by atoms with Gasteiger partial charge >= 0.3 is 0 Å². The number of pyridine rings is 1. The van der Waals surface area contributed by atoms with E-state index in [1.54, 1.807) is 18.4 Å². The first-order chi connectivity index (χ1) is 14.2. The van der Waals surface area contributed by atoms with Gasteiger partial charge in [0.25, 0.3) is 5.91 Å². The van der Waals surface area contributed by atoms with E-state index < -0.39 is 17.2 Å². The van der Waals surface area contributed by atoms with E-state index in [1.807, 2.05) is 45.9 Å². The second-order valence-corrected chi connectivity index (χ2v) is 7.73. The van der Waals surface area contributed by atoms with Gasteiger partial charge in [-0.05, 0) is 58.1 Å².